The predicted octanol–water partition coefficient (Wildman–Crippen LogP) is -1.00. The molecule has 2 heterocycles. The van der Waals surface area contributed by atoms with Crippen molar-refractivity contribution in [3.05, 3.63) is 48.5 Å². The fraction of sp³-hybridized carbons (Fsp3) is 0.500. The van der Waals surface area contributed by atoms with Gasteiger partial charge in [-0.3, -0.25) is 0 Å². The van der Waals surface area contributed by atoms with Crippen LogP contribution in [-0.4, -0.2) is 34.2 Å². The second-order valence-electron chi connectivity index (χ2n) is 8.63. The minimum absolute atomic E-state index is 1.14. The van der Waals surface area contributed by atoms with Crippen LogP contribution >= 0.6 is 23.5 Å². The lowest BCUT2D eigenvalue weighted by Gasteiger charge is -2.18. The van der Waals surface area contributed by atoms with Gasteiger partial charge in [0.15, 0.2) is 0 Å². The van der Waals surface area contributed by atoms with Gasteiger partial charge < -0.3 is 9.80 Å². The molecule has 0 saturated carbocycles. The number of para-hydroxylation sites is 2. The summed E-state index contributed by atoms with van der Waals surface area (Å²) >= 11 is 3.96. The Hall–Kier alpha value is -1.00. The molecule has 38 heavy (non-hydrogen) atoms. The van der Waals surface area contributed by atoms with Gasteiger partial charge in [-0.15, -0.1) is 23.5 Å². The first kappa shape index (κ1) is 33.2. The average molecular weight is 614 g/mol. The van der Waals surface area contributed by atoms with Gasteiger partial charge in [0, 0.05) is 22.9 Å². The molecular weight excluding hydrogens is 579 g/mol. The minimum Gasteiger partial charge on any atom is -0.361 e. The van der Waals surface area contributed by atoms with Gasteiger partial charge in [0.1, 0.15) is 0 Å². The number of halogens is 2. The van der Waals surface area contributed by atoms with Gasteiger partial charge in [0.25, 0.3) is 0 Å². The molecule has 0 unspecified atom stereocenters. The zero-order valence-electron chi connectivity index (χ0n) is 20.9. The van der Waals surface area contributed by atoms with Crippen LogP contribution in [0.4, 0.5) is 11.4 Å². The summed E-state index contributed by atoms with van der Waals surface area (Å²) in [7, 11) is -9.39. The van der Waals surface area contributed by atoms with E-state index in [1.807, 2.05) is 23.5 Å². The van der Waals surface area contributed by atoms with Crippen LogP contribution in [0.5, 0.6) is 0 Å². The van der Waals surface area contributed by atoms with E-state index in [0.29, 0.717) is 0 Å². The van der Waals surface area contributed by atoms with Crippen LogP contribution < -0.4 is 37.8 Å². The van der Waals surface area contributed by atoms with E-state index in [4.69, 9.17) is 37.3 Å². The van der Waals surface area contributed by atoms with Crippen LogP contribution in [-0.2, 0) is 0 Å². The van der Waals surface area contributed by atoms with Crippen molar-refractivity contribution in [1.29, 1.82) is 0 Å². The number of fused-ring (bicyclic) bond motifs is 2. The number of rotatable bonds is 11. The predicted molar refractivity (Wildman–Crippen MR) is 130 cm³/mol. The van der Waals surface area contributed by atoms with Gasteiger partial charge in [0.05, 0.1) is 52.9 Å². The molecule has 14 heteroatoms. The van der Waals surface area contributed by atoms with E-state index >= 15 is 0 Å². The first-order valence-electron chi connectivity index (χ1n) is 12.1. The molecule has 0 aromatic heterocycles. The van der Waals surface area contributed by atoms with Crippen molar-refractivity contribution in [2.24, 2.45) is 0 Å². The average Bonchev–Trinajstić information content (AvgIpc) is 3.42. The van der Waals surface area contributed by atoms with Crippen LogP contribution in [0.2, 0.25) is 0 Å². The lowest BCUT2D eigenvalue weighted by molar-refractivity contribution is -1.92. The molecular formula is C24H34Cl2N2O8S2. The topological polar surface area (TPSA) is 185 Å². The highest BCUT2D eigenvalue weighted by molar-refractivity contribution is 8.00. The number of unbranched alkanes of at least 4 members (excludes halogenated alkanes) is 7. The van der Waals surface area contributed by atoms with Crippen molar-refractivity contribution in [2.45, 2.75) is 61.2 Å². The molecule has 0 fully saturated rings. The summed E-state index contributed by atoms with van der Waals surface area (Å²) in [5.74, 6) is 2.28. The molecule has 2 aromatic carbocycles. The van der Waals surface area contributed by atoms with Gasteiger partial charge in [-0.1, -0.05) is 62.8 Å². The van der Waals surface area contributed by atoms with Crippen molar-refractivity contribution in [3.8, 4) is 0 Å². The third kappa shape index (κ3) is 15.0. The molecule has 214 valence electrons. The second-order valence-corrected chi connectivity index (χ2v) is 12.2. The Labute approximate surface area is 236 Å². The van der Waals surface area contributed by atoms with Gasteiger partial charge in [-0.2, -0.15) is 28.0 Å². The number of anilines is 2. The summed E-state index contributed by atoms with van der Waals surface area (Å²) in [4.78, 5) is 8.01. The summed E-state index contributed by atoms with van der Waals surface area (Å²) in [6.45, 7) is 2.44. The van der Waals surface area contributed by atoms with Gasteiger partial charge >= 0.3 is 0 Å². The van der Waals surface area contributed by atoms with E-state index in [-0.39, 0.29) is 0 Å². The lowest BCUT2D eigenvalue weighted by atomic mass is 10.1. The Morgan fingerprint density at radius 1 is 0.553 bits per heavy atom. The number of hydrogen-bond donors (Lipinski definition) is 2. The number of thioether (sulfide) groups is 2. The quantitative estimate of drug-likeness (QED) is 0.295. The van der Waals surface area contributed by atoms with Crippen LogP contribution in [0.15, 0.2) is 58.3 Å². The molecule has 0 radical (unpaired) electrons. The molecule has 0 saturated heterocycles. The van der Waals surface area contributed by atoms with Crippen LogP contribution in [0.25, 0.3) is 0 Å². The first-order chi connectivity index (χ1) is 17.9. The van der Waals surface area contributed by atoms with E-state index in [1.165, 1.54) is 85.6 Å². The Kier molecular flexibility index (Phi) is 14.8. The largest absolute Gasteiger partial charge is 0.361 e. The molecule has 2 aliphatic rings. The van der Waals surface area contributed by atoms with E-state index < -0.39 is 20.5 Å². The van der Waals surface area contributed by atoms with Crippen molar-refractivity contribution in [3.63, 3.8) is 0 Å². The first-order valence-corrected chi connectivity index (χ1v) is 16.6. The molecule has 2 aromatic rings. The van der Waals surface area contributed by atoms with Crippen molar-refractivity contribution < 1.29 is 57.8 Å². The molecule has 4 rings (SSSR count). The summed E-state index contributed by atoms with van der Waals surface area (Å²) in [5.41, 5.74) is 2.90. The number of nitrogens with zero attached hydrogens (tertiary/aromatic N) is 2. The maximum absolute atomic E-state index is 8.60. The zero-order valence-corrected chi connectivity index (χ0v) is 24.1. The fourth-order valence-electron chi connectivity index (χ4n) is 4.15. The van der Waals surface area contributed by atoms with E-state index in [1.54, 1.807) is 0 Å². The molecule has 0 bridgehead atoms. The molecule has 10 nitrogen and oxygen atoms in total. The molecule has 0 aliphatic carbocycles. The van der Waals surface area contributed by atoms with E-state index in [9.17, 15) is 0 Å². The summed E-state index contributed by atoms with van der Waals surface area (Å²) in [5, 5.41) is 0. The summed E-state index contributed by atoms with van der Waals surface area (Å²) < 4.78 is 65.4. The van der Waals surface area contributed by atoms with Gasteiger partial charge in [-0.05, 0) is 37.1 Å². The van der Waals surface area contributed by atoms with Crippen molar-refractivity contribution in [2.75, 3.05) is 34.6 Å². The SMILES string of the molecule is [O-][Cl+3]([O-])([O-])O.[O-][Cl+3]([O-])([O-])O.c1ccc2c(c1)SCN2CCCCCCCCCCN1CSc2ccccc21. The standard InChI is InChI=1S/C24H32N2S2.2ClHO4/c1(3-5-11-17-25-19-27-23-15-9-7-13-21(23)25)2-4-6-12-18-26-20-28-24-16-10-8-14-22(24)26;2*2-1(3,4)5/h7-10,13-16H,1-6,11-12,17-20H2;2*(H,2,3,4,5). The Morgan fingerprint density at radius 3 is 1.18 bits per heavy atom. The molecule has 0 spiro atoms. The Balaban J connectivity index is 0.000000435. The zero-order chi connectivity index (χ0) is 28.0. The maximum atomic E-state index is 8.60. The highest BCUT2D eigenvalue weighted by Crippen LogP contribution is 2.39. The molecule has 0 amide bonds. The van der Waals surface area contributed by atoms with Crippen molar-refractivity contribution >= 4 is 34.9 Å². The lowest BCUT2D eigenvalue weighted by Crippen LogP contribution is -2.58. The third-order valence-electron chi connectivity index (χ3n) is 5.77. The smallest absolute Gasteiger partial charge is 0.0777 e. The van der Waals surface area contributed by atoms with Gasteiger partial charge in [0.2, 0.25) is 0 Å². The highest BCUT2D eigenvalue weighted by Gasteiger charge is 2.19. The normalized spacial score (nSPS) is 14.3. The number of hydrogen-bond acceptors (Lipinski definition) is 12. The third-order valence-corrected chi connectivity index (χ3v) is 7.96. The van der Waals surface area contributed by atoms with Crippen LogP contribution in [0.3, 0.4) is 0 Å². The summed E-state index contributed by atoms with van der Waals surface area (Å²) in [6.07, 6.45) is 11.1. The fourth-order valence-corrected chi connectivity index (χ4v) is 6.32. The van der Waals surface area contributed by atoms with Crippen molar-refractivity contribution in [1.82, 2.24) is 0 Å². The number of benzene rings is 2. The van der Waals surface area contributed by atoms with Crippen LogP contribution in [0, 0.1) is 20.5 Å². The maximum Gasteiger partial charge on any atom is 0.0777 e. The Bertz CT molecular complexity index is 863. The second kappa shape index (κ2) is 17.0. The summed E-state index contributed by atoms with van der Waals surface area (Å²) in [6, 6.07) is 17.7. The van der Waals surface area contributed by atoms with Crippen LogP contribution in [0.1, 0.15) is 51.4 Å². The van der Waals surface area contributed by atoms with E-state index in [2.05, 4.69) is 58.3 Å². The Morgan fingerprint density at radius 2 is 0.842 bits per heavy atom. The molecule has 2 aliphatic heterocycles. The van der Waals surface area contributed by atoms with Gasteiger partial charge in [-0.25, -0.2) is 0 Å². The molecule has 2 N–H and O–H groups in total. The van der Waals surface area contributed by atoms with E-state index in [0.717, 1.165) is 11.8 Å². The minimum atomic E-state index is -4.69. The highest BCUT2D eigenvalue weighted by atomic mass is 35.7. The molecule has 0 atom stereocenters. The monoisotopic (exact) mass is 612 g/mol.